The molecule has 1 heterocycles. The van der Waals surface area contributed by atoms with Crippen molar-refractivity contribution in [2.75, 3.05) is 0 Å². The lowest BCUT2D eigenvalue weighted by molar-refractivity contribution is 0.0951. The minimum absolute atomic E-state index is 0.212. The smallest absolute Gasteiger partial charge is 0.423 e. The molecule has 1 aromatic carbocycles. The standard InChI is InChI=1S/C13H13BN2O3/c17-13(16-9-10-5-7-15-8-6-10)11-1-3-12(4-2-11)14(18)19/h1-8,18-19H,9H2,(H,16,17). The number of nitrogens with zero attached hydrogens (tertiary/aromatic N) is 1. The molecule has 2 aromatic rings. The first-order chi connectivity index (χ1) is 9.16. The second kappa shape index (κ2) is 6.13. The van der Waals surface area contributed by atoms with E-state index in [1.165, 1.54) is 12.1 Å². The molecule has 1 amide bonds. The van der Waals surface area contributed by atoms with Gasteiger partial charge in [-0.15, -0.1) is 0 Å². The van der Waals surface area contributed by atoms with Crippen molar-refractivity contribution in [3.63, 3.8) is 0 Å². The lowest BCUT2D eigenvalue weighted by Crippen LogP contribution is -2.30. The Morgan fingerprint density at radius 2 is 1.74 bits per heavy atom. The van der Waals surface area contributed by atoms with Crippen LogP contribution in [0.15, 0.2) is 48.8 Å². The van der Waals surface area contributed by atoms with Crippen LogP contribution in [0.1, 0.15) is 15.9 Å². The summed E-state index contributed by atoms with van der Waals surface area (Å²) in [6.45, 7) is 0.422. The van der Waals surface area contributed by atoms with Crippen molar-refractivity contribution in [3.05, 3.63) is 59.9 Å². The van der Waals surface area contributed by atoms with Gasteiger partial charge in [0.05, 0.1) is 0 Å². The van der Waals surface area contributed by atoms with Crippen molar-refractivity contribution in [1.82, 2.24) is 10.3 Å². The zero-order valence-electron chi connectivity index (χ0n) is 10.2. The number of rotatable bonds is 4. The Bertz CT molecular complexity index is 544. The van der Waals surface area contributed by atoms with Gasteiger partial charge in [-0.3, -0.25) is 9.78 Å². The van der Waals surface area contributed by atoms with Gasteiger partial charge in [0.1, 0.15) is 0 Å². The average Bonchev–Trinajstić information content (AvgIpc) is 2.46. The quantitative estimate of drug-likeness (QED) is 0.655. The highest BCUT2D eigenvalue weighted by Gasteiger charge is 2.11. The zero-order chi connectivity index (χ0) is 13.7. The van der Waals surface area contributed by atoms with Crippen LogP contribution < -0.4 is 10.8 Å². The molecule has 0 atom stereocenters. The summed E-state index contributed by atoms with van der Waals surface area (Å²) >= 11 is 0. The Morgan fingerprint density at radius 3 is 2.32 bits per heavy atom. The third-order valence-corrected chi connectivity index (χ3v) is 2.67. The van der Waals surface area contributed by atoms with Crippen molar-refractivity contribution in [2.45, 2.75) is 6.54 Å². The molecule has 19 heavy (non-hydrogen) atoms. The van der Waals surface area contributed by atoms with E-state index < -0.39 is 7.12 Å². The maximum Gasteiger partial charge on any atom is 0.488 e. The summed E-state index contributed by atoms with van der Waals surface area (Å²) in [5, 5.41) is 20.7. The van der Waals surface area contributed by atoms with E-state index >= 15 is 0 Å². The highest BCUT2D eigenvalue weighted by atomic mass is 16.4. The van der Waals surface area contributed by atoms with E-state index in [-0.39, 0.29) is 5.91 Å². The fourth-order valence-corrected chi connectivity index (χ4v) is 1.59. The number of pyridine rings is 1. The van der Waals surface area contributed by atoms with Crippen LogP contribution >= 0.6 is 0 Å². The molecule has 0 spiro atoms. The summed E-state index contributed by atoms with van der Waals surface area (Å²) in [5.41, 5.74) is 1.79. The summed E-state index contributed by atoms with van der Waals surface area (Å²) in [6, 6.07) is 9.77. The molecule has 5 nitrogen and oxygen atoms in total. The molecule has 0 saturated carbocycles. The number of carbonyl (C=O) groups is 1. The van der Waals surface area contributed by atoms with E-state index in [1.54, 1.807) is 24.5 Å². The molecule has 0 aliphatic carbocycles. The summed E-state index contributed by atoms with van der Waals surface area (Å²) in [5.74, 6) is -0.212. The Balaban J connectivity index is 1.96. The fraction of sp³-hybridized carbons (Fsp3) is 0.0769. The molecule has 1 aromatic heterocycles. The largest absolute Gasteiger partial charge is 0.488 e. The van der Waals surface area contributed by atoms with Crippen molar-refractivity contribution in [1.29, 1.82) is 0 Å². The minimum Gasteiger partial charge on any atom is -0.423 e. The van der Waals surface area contributed by atoms with Crippen LogP contribution in [0.25, 0.3) is 0 Å². The SMILES string of the molecule is O=C(NCc1ccncc1)c1ccc(B(O)O)cc1. The number of carbonyl (C=O) groups excluding carboxylic acids is 1. The molecule has 0 aliphatic rings. The van der Waals surface area contributed by atoms with Crippen LogP contribution in [-0.2, 0) is 6.54 Å². The third kappa shape index (κ3) is 3.64. The van der Waals surface area contributed by atoms with Crippen LogP contribution in [0, 0.1) is 0 Å². The summed E-state index contributed by atoms with van der Waals surface area (Å²) < 4.78 is 0. The normalized spacial score (nSPS) is 10.0. The topological polar surface area (TPSA) is 82.5 Å². The predicted octanol–water partition coefficient (Wildman–Crippen LogP) is -0.309. The number of nitrogens with one attached hydrogen (secondary N) is 1. The molecule has 0 unspecified atom stereocenters. The van der Waals surface area contributed by atoms with Gasteiger partial charge in [-0.1, -0.05) is 12.1 Å². The monoisotopic (exact) mass is 256 g/mol. The van der Waals surface area contributed by atoms with Gasteiger partial charge in [-0.2, -0.15) is 0 Å². The van der Waals surface area contributed by atoms with Crippen LogP contribution in [0.5, 0.6) is 0 Å². The first kappa shape index (κ1) is 13.3. The van der Waals surface area contributed by atoms with E-state index in [9.17, 15) is 4.79 Å². The highest BCUT2D eigenvalue weighted by Crippen LogP contribution is 2.00. The van der Waals surface area contributed by atoms with E-state index in [1.807, 2.05) is 12.1 Å². The van der Waals surface area contributed by atoms with Crippen molar-refractivity contribution in [2.24, 2.45) is 0 Å². The Kier molecular flexibility index (Phi) is 4.28. The van der Waals surface area contributed by atoms with Crippen LogP contribution in [0.2, 0.25) is 0 Å². The molecule has 0 fully saturated rings. The Labute approximate surface area is 111 Å². The maximum atomic E-state index is 11.8. The van der Waals surface area contributed by atoms with Crippen LogP contribution in [0.4, 0.5) is 0 Å². The molecule has 96 valence electrons. The van der Waals surface area contributed by atoms with E-state index in [0.717, 1.165) is 5.56 Å². The number of hydrogen-bond donors (Lipinski definition) is 3. The summed E-state index contributed by atoms with van der Waals surface area (Å²) in [6.07, 6.45) is 3.33. The lowest BCUT2D eigenvalue weighted by atomic mass is 9.80. The number of amides is 1. The number of aromatic nitrogens is 1. The second-order valence-electron chi connectivity index (χ2n) is 4.03. The van der Waals surface area contributed by atoms with Crippen molar-refractivity contribution < 1.29 is 14.8 Å². The summed E-state index contributed by atoms with van der Waals surface area (Å²) in [7, 11) is -1.52. The molecule has 0 radical (unpaired) electrons. The summed E-state index contributed by atoms with van der Waals surface area (Å²) in [4.78, 5) is 15.7. The van der Waals surface area contributed by atoms with E-state index in [4.69, 9.17) is 10.0 Å². The van der Waals surface area contributed by atoms with Gasteiger partial charge in [0.2, 0.25) is 0 Å². The first-order valence-corrected chi connectivity index (χ1v) is 5.80. The molecular formula is C13H13BN2O3. The Hall–Kier alpha value is -2.18. The highest BCUT2D eigenvalue weighted by molar-refractivity contribution is 6.58. The third-order valence-electron chi connectivity index (χ3n) is 2.67. The molecule has 6 heteroatoms. The lowest BCUT2D eigenvalue weighted by Gasteiger charge is -2.06. The van der Waals surface area contributed by atoms with E-state index in [2.05, 4.69) is 10.3 Å². The zero-order valence-corrected chi connectivity index (χ0v) is 10.2. The van der Waals surface area contributed by atoms with Crippen LogP contribution in [0.3, 0.4) is 0 Å². The van der Waals surface area contributed by atoms with Gasteiger partial charge in [0, 0.05) is 24.5 Å². The maximum absolute atomic E-state index is 11.8. The van der Waals surface area contributed by atoms with Gasteiger partial charge in [0.15, 0.2) is 0 Å². The van der Waals surface area contributed by atoms with Gasteiger partial charge in [-0.05, 0) is 35.3 Å². The fourth-order valence-electron chi connectivity index (χ4n) is 1.59. The van der Waals surface area contributed by atoms with Gasteiger partial charge < -0.3 is 15.4 Å². The van der Waals surface area contributed by atoms with E-state index in [0.29, 0.717) is 17.6 Å². The molecule has 3 N–H and O–H groups in total. The van der Waals surface area contributed by atoms with Crippen molar-refractivity contribution in [3.8, 4) is 0 Å². The molecule has 0 aliphatic heterocycles. The van der Waals surface area contributed by atoms with Gasteiger partial charge in [-0.25, -0.2) is 0 Å². The number of benzene rings is 1. The van der Waals surface area contributed by atoms with Crippen LogP contribution in [-0.4, -0.2) is 28.1 Å². The minimum atomic E-state index is -1.52. The molecule has 0 bridgehead atoms. The molecule has 2 rings (SSSR count). The average molecular weight is 256 g/mol. The molecular weight excluding hydrogens is 243 g/mol. The van der Waals surface area contributed by atoms with Gasteiger partial charge in [0.25, 0.3) is 5.91 Å². The second-order valence-corrected chi connectivity index (χ2v) is 4.03. The van der Waals surface area contributed by atoms with Crippen molar-refractivity contribution >= 4 is 18.5 Å². The molecule has 0 saturated heterocycles. The first-order valence-electron chi connectivity index (χ1n) is 5.80. The number of hydrogen-bond acceptors (Lipinski definition) is 4. The predicted molar refractivity (Wildman–Crippen MR) is 71.7 cm³/mol. The van der Waals surface area contributed by atoms with Gasteiger partial charge >= 0.3 is 7.12 Å². The Morgan fingerprint density at radius 1 is 1.11 bits per heavy atom.